The average molecular weight is 503 g/mol. The van der Waals surface area contributed by atoms with Gasteiger partial charge in [0, 0.05) is 29.4 Å². The van der Waals surface area contributed by atoms with Gasteiger partial charge in [0.25, 0.3) is 5.91 Å². The molecular weight excluding hydrogens is 481 g/mol. The van der Waals surface area contributed by atoms with Gasteiger partial charge in [-0.2, -0.15) is 18.4 Å². The Balaban J connectivity index is 1.51. The van der Waals surface area contributed by atoms with Gasteiger partial charge in [-0.05, 0) is 49.8 Å². The summed E-state index contributed by atoms with van der Waals surface area (Å²) in [5, 5.41) is 13.5. The SMILES string of the molecule is N#CCc1cn(C2CCCCN2C(=O)c2nc(C(F)(F)F)cs2)c2nc(NC(=O)C3CC3)ccc12. The van der Waals surface area contributed by atoms with Crippen LogP contribution in [0.15, 0.2) is 23.7 Å². The Bertz CT molecular complexity index is 1340. The lowest BCUT2D eigenvalue weighted by atomic mass is 10.1. The van der Waals surface area contributed by atoms with Crippen LogP contribution in [0, 0.1) is 17.2 Å². The van der Waals surface area contributed by atoms with E-state index in [0.717, 1.165) is 35.6 Å². The Morgan fingerprint density at radius 1 is 1.20 bits per heavy atom. The van der Waals surface area contributed by atoms with Crippen LogP contribution in [0.1, 0.15) is 59.3 Å². The number of carbonyl (C=O) groups excluding carboxylic acids is 2. The second kappa shape index (κ2) is 8.96. The molecule has 4 heterocycles. The smallest absolute Gasteiger partial charge is 0.316 e. The topological polar surface area (TPSA) is 104 Å². The first-order chi connectivity index (χ1) is 16.8. The highest BCUT2D eigenvalue weighted by Gasteiger charge is 2.37. The molecule has 0 aromatic carbocycles. The van der Waals surface area contributed by atoms with Gasteiger partial charge in [-0.1, -0.05) is 0 Å². The number of hydrogen-bond donors (Lipinski definition) is 1. The minimum absolute atomic E-state index is 0.000208. The summed E-state index contributed by atoms with van der Waals surface area (Å²) in [6, 6.07) is 5.61. The molecule has 2 aliphatic rings. The molecular formula is C23H21F3N6O2S. The van der Waals surface area contributed by atoms with Crippen molar-refractivity contribution < 1.29 is 22.8 Å². The summed E-state index contributed by atoms with van der Waals surface area (Å²) in [5.74, 6) is -0.288. The molecule has 0 radical (unpaired) electrons. The van der Waals surface area contributed by atoms with Gasteiger partial charge in [-0.3, -0.25) is 9.59 Å². The molecule has 3 aromatic rings. The van der Waals surface area contributed by atoms with E-state index in [9.17, 15) is 28.0 Å². The maximum atomic E-state index is 13.3. The van der Waals surface area contributed by atoms with Crippen molar-refractivity contribution in [3.63, 3.8) is 0 Å². The van der Waals surface area contributed by atoms with E-state index in [4.69, 9.17) is 0 Å². The number of nitrogens with zero attached hydrogens (tertiary/aromatic N) is 5. The number of alkyl halides is 3. The lowest BCUT2D eigenvalue weighted by Crippen LogP contribution is -2.41. The predicted octanol–water partition coefficient (Wildman–Crippen LogP) is 4.75. The number of nitrogens with one attached hydrogen (secondary N) is 1. The summed E-state index contributed by atoms with van der Waals surface area (Å²) in [5.41, 5.74) is 0.144. The van der Waals surface area contributed by atoms with Gasteiger partial charge < -0.3 is 14.8 Å². The van der Waals surface area contributed by atoms with Crippen molar-refractivity contribution in [1.29, 1.82) is 5.26 Å². The number of halogens is 3. The standard InChI is InChI=1S/C23H21F3N6O2S/c24-23(25,26)16-12-35-21(28-16)22(34)31-10-2-1-3-18(31)32-11-14(8-9-27)15-6-7-17(29-19(15)32)30-20(33)13-4-5-13/h6-7,11-13,18H,1-5,8,10H2,(H,29,30,33). The summed E-state index contributed by atoms with van der Waals surface area (Å²) in [6.07, 6.45) is 0.556. The Morgan fingerprint density at radius 2 is 2.00 bits per heavy atom. The number of rotatable bonds is 5. The number of amides is 2. The van der Waals surface area contributed by atoms with E-state index in [1.807, 2.05) is 0 Å². The summed E-state index contributed by atoms with van der Waals surface area (Å²) in [4.78, 5) is 35.2. The molecule has 1 unspecified atom stereocenters. The highest BCUT2D eigenvalue weighted by molar-refractivity contribution is 7.11. The highest BCUT2D eigenvalue weighted by atomic mass is 32.1. The van der Waals surface area contributed by atoms with Crippen molar-refractivity contribution in [2.75, 3.05) is 11.9 Å². The molecule has 1 saturated carbocycles. The molecule has 12 heteroatoms. The maximum absolute atomic E-state index is 13.3. The minimum atomic E-state index is -4.62. The van der Waals surface area contributed by atoms with Gasteiger partial charge in [0.05, 0.1) is 12.5 Å². The summed E-state index contributed by atoms with van der Waals surface area (Å²) >= 11 is 0.672. The molecule has 35 heavy (non-hydrogen) atoms. The Kier molecular flexibility index (Phi) is 5.96. The number of piperidine rings is 1. The number of nitriles is 1. The van der Waals surface area contributed by atoms with Crippen LogP contribution in [0.2, 0.25) is 0 Å². The minimum Gasteiger partial charge on any atom is -0.316 e. The first kappa shape index (κ1) is 23.3. The molecule has 8 nitrogen and oxygen atoms in total. The van der Waals surface area contributed by atoms with Crippen molar-refractivity contribution in [1.82, 2.24) is 19.4 Å². The van der Waals surface area contributed by atoms with E-state index in [1.54, 1.807) is 22.9 Å². The van der Waals surface area contributed by atoms with Crippen molar-refractivity contribution in [3.05, 3.63) is 40.0 Å². The third-order valence-electron chi connectivity index (χ3n) is 6.26. The Hall–Kier alpha value is -3.46. The molecule has 1 saturated heterocycles. The van der Waals surface area contributed by atoms with Crippen LogP contribution in [0.4, 0.5) is 19.0 Å². The molecule has 182 valence electrons. The van der Waals surface area contributed by atoms with Gasteiger partial charge in [0.2, 0.25) is 5.91 Å². The third-order valence-corrected chi connectivity index (χ3v) is 7.09. The summed E-state index contributed by atoms with van der Waals surface area (Å²) in [7, 11) is 0. The summed E-state index contributed by atoms with van der Waals surface area (Å²) < 4.78 is 40.9. The molecule has 3 aromatic heterocycles. The first-order valence-corrected chi connectivity index (χ1v) is 12.2. The fourth-order valence-electron chi connectivity index (χ4n) is 4.36. The zero-order valence-corrected chi connectivity index (χ0v) is 19.3. The van der Waals surface area contributed by atoms with Crippen LogP contribution >= 0.6 is 11.3 Å². The van der Waals surface area contributed by atoms with Crippen molar-refractivity contribution in [2.24, 2.45) is 5.92 Å². The molecule has 1 atom stereocenters. The number of anilines is 1. The number of fused-ring (bicyclic) bond motifs is 1. The molecule has 2 fully saturated rings. The number of pyridine rings is 1. The highest BCUT2D eigenvalue weighted by Crippen LogP contribution is 2.35. The number of likely N-dealkylation sites (tertiary alicyclic amines) is 1. The lowest BCUT2D eigenvalue weighted by Gasteiger charge is -2.36. The van der Waals surface area contributed by atoms with E-state index in [1.165, 1.54) is 4.90 Å². The first-order valence-electron chi connectivity index (χ1n) is 11.3. The normalized spacial score (nSPS) is 18.5. The molecule has 0 spiro atoms. The van der Waals surface area contributed by atoms with E-state index in [0.29, 0.717) is 42.2 Å². The van der Waals surface area contributed by atoms with Crippen LogP contribution in [0.5, 0.6) is 0 Å². The number of aromatic nitrogens is 3. The molecule has 2 amide bonds. The average Bonchev–Trinajstić information content (AvgIpc) is 3.45. The monoisotopic (exact) mass is 502 g/mol. The molecule has 5 rings (SSSR count). The van der Waals surface area contributed by atoms with Crippen molar-refractivity contribution in [3.8, 4) is 6.07 Å². The fraction of sp³-hybridized carbons (Fsp3) is 0.435. The maximum Gasteiger partial charge on any atom is 0.434 e. The van der Waals surface area contributed by atoms with E-state index >= 15 is 0 Å². The van der Waals surface area contributed by atoms with Gasteiger partial charge in [-0.25, -0.2) is 9.97 Å². The Morgan fingerprint density at radius 3 is 2.69 bits per heavy atom. The quantitative estimate of drug-likeness (QED) is 0.542. The zero-order chi connectivity index (χ0) is 24.7. The number of thiazole rings is 1. The van der Waals surface area contributed by atoms with Gasteiger partial charge in [0.15, 0.2) is 10.7 Å². The summed E-state index contributed by atoms with van der Waals surface area (Å²) in [6.45, 7) is 0.357. The Labute approximate surface area is 202 Å². The van der Waals surface area contributed by atoms with E-state index < -0.39 is 23.9 Å². The van der Waals surface area contributed by atoms with Crippen LogP contribution in [0.25, 0.3) is 11.0 Å². The van der Waals surface area contributed by atoms with Crippen LogP contribution in [-0.2, 0) is 17.4 Å². The van der Waals surface area contributed by atoms with Crippen LogP contribution < -0.4 is 5.32 Å². The molecule has 1 N–H and O–H groups in total. The van der Waals surface area contributed by atoms with Gasteiger partial charge >= 0.3 is 6.18 Å². The number of hydrogen-bond acceptors (Lipinski definition) is 6. The zero-order valence-electron chi connectivity index (χ0n) is 18.5. The van der Waals surface area contributed by atoms with Crippen LogP contribution in [-0.4, -0.2) is 37.8 Å². The van der Waals surface area contributed by atoms with E-state index in [-0.39, 0.29) is 23.3 Å². The van der Waals surface area contributed by atoms with Gasteiger partial charge in [-0.15, -0.1) is 11.3 Å². The largest absolute Gasteiger partial charge is 0.434 e. The van der Waals surface area contributed by atoms with Gasteiger partial charge in [0.1, 0.15) is 17.6 Å². The van der Waals surface area contributed by atoms with Crippen LogP contribution in [0.3, 0.4) is 0 Å². The fourth-order valence-corrected chi connectivity index (χ4v) is 5.13. The third kappa shape index (κ3) is 4.60. The van der Waals surface area contributed by atoms with Crippen molar-refractivity contribution in [2.45, 2.75) is 50.9 Å². The second-order valence-electron chi connectivity index (χ2n) is 8.74. The number of carbonyl (C=O) groups is 2. The lowest BCUT2D eigenvalue weighted by molar-refractivity contribution is -0.140. The molecule has 0 bridgehead atoms. The molecule has 1 aliphatic heterocycles. The second-order valence-corrected chi connectivity index (χ2v) is 9.60. The predicted molar refractivity (Wildman–Crippen MR) is 121 cm³/mol. The van der Waals surface area contributed by atoms with E-state index in [2.05, 4.69) is 21.4 Å². The molecule has 1 aliphatic carbocycles. The van der Waals surface area contributed by atoms with Crippen molar-refractivity contribution >= 4 is 40.0 Å².